The predicted molar refractivity (Wildman–Crippen MR) is 95.5 cm³/mol. The largest absolute Gasteiger partial charge is 0.466 e. The Morgan fingerprint density at radius 2 is 2.00 bits per heavy atom. The molecule has 0 aromatic heterocycles. The van der Waals surface area contributed by atoms with Crippen molar-refractivity contribution < 1.29 is 18.3 Å². The monoisotopic (exact) mass is 374 g/mol. The number of ether oxygens (including phenoxy) is 1. The molecule has 132 valence electrons. The number of nitrogens with zero attached hydrogens (tertiary/aromatic N) is 1. The van der Waals surface area contributed by atoms with Crippen molar-refractivity contribution in [1.82, 2.24) is 4.90 Å². The van der Waals surface area contributed by atoms with Gasteiger partial charge in [0.2, 0.25) is 0 Å². The zero-order valence-corrected chi connectivity index (χ0v) is 15.0. The van der Waals surface area contributed by atoms with Gasteiger partial charge in [-0.2, -0.15) is 8.78 Å². The molecule has 1 aromatic carbocycles. The van der Waals surface area contributed by atoms with Gasteiger partial charge in [-0.25, -0.2) is 0 Å². The average molecular weight is 374 g/mol. The number of anilines is 1. The Bertz CT molecular complexity index is 562. The van der Waals surface area contributed by atoms with Gasteiger partial charge >= 0.3 is 5.97 Å². The molecular formula is C16H20F2N2O2S2. The number of nitrogens with one attached hydrogen (secondary N) is 1. The molecule has 0 unspecified atom stereocenters. The number of carbonyl (C=O) groups is 1. The molecule has 2 rings (SSSR count). The molecule has 1 saturated heterocycles. The summed E-state index contributed by atoms with van der Waals surface area (Å²) >= 11 is 5.90. The van der Waals surface area contributed by atoms with Crippen LogP contribution in [0.15, 0.2) is 29.2 Å². The second-order valence-electron chi connectivity index (χ2n) is 5.35. The standard InChI is InChI=1S/C16H20F2N2O2S2/c1-2-22-14(21)11-7-9-20(10-8-11)16(23)19-12-3-5-13(6-4-12)24-15(17)18/h3-6,11,15H,2,7-10H2,1H3,(H,19,23). The Balaban J connectivity index is 1.82. The molecule has 8 heteroatoms. The number of hydrogen-bond acceptors (Lipinski definition) is 4. The zero-order valence-electron chi connectivity index (χ0n) is 13.3. The van der Waals surface area contributed by atoms with E-state index >= 15 is 0 Å². The third-order valence-electron chi connectivity index (χ3n) is 3.73. The third-order valence-corrected chi connectivity index (χ3v) is 4.82. The van der Waals surface area contributed by atoms with Gasteiger partial charge in [0.25, 0.3) is 5.76 Å². The molecule has 1 heterocycles. The maximum Gasteiger partial charge on any atom is 0.309 e. The summed E-state index contributed by atoms with van der Waals surface area (Å²) in [6.07, 6.45) is 1.43. The fourth-order valence-corrected chi connectivity index (χ4v) is 3.30. The van der Waals surface area contributed by atoms with E-state index in [1.165, 1.54) is 0 Å². The van der Waals surface area contributed by atoms with E-state index in [0.29, 0.717) is 54.3 Å². The number of thioether (sulfide) groups is 1. The first-order chi connectivity index (χ1) is 11.5. The van der Waals surface area contributed by atoms with Gasteiger partial charge < -0.3 is 15.0 Å². The highest BCUT2D eigenvalue weighted by molar-refractivity contribution is 7.99. The van der Waals surface area contributed by atoms with Crippen LogP contribution >= 0.6 is 24.0 Å². The highest BCUT2D eigenvalue weighted by Gasteiger charge is 2.26. The Morgan fingerprint density at radius 3 is 2.54 bits per heavy atom. The first kappa shape index (κ1) is 18.9. The summed E-state index contributed by atoms with van der Waals surface area (Å²) in [6.45, 7) is 3.58. The molecule has 4 nitrogen and oxygen atoms in total. The Labute approximate surface area is 149 Å². The number of benzene rings is 1. The number of esters is 1. The second kappa shape index (κ2) is 9.17. The molecule has 0 aliphatic carbocycles. The van der Waals surface area contributed by atoms with E-state index in [1.54, 1.807) is 31.2 Å². The van der Waals surface area contributed by atoms with Crippen LogP contribution in [0, 0.1) is 5.92 Å². The van der Waals surface area contributed by atoms with Gasteiger partial charge in [0.15, 0.2) is 5.11 Å². The van der Waals surface area contributed by atoms with Crippen LogP contribution in [0.2, 0.25) is 0 Å². The lowest BCUT2D eigenvalue weighted by molar-refractivity contribution is -0.149. The van der Waals surface area contributed by atoms with Crippen molar-refractivity contribution in [3.05, 3.63) is 24.3 Å². The summed E-state index contributed by atoms with van der Waals surface area (Å²) in [5, 5.41) is 3.68. The van der Waals surface area contributed by atoms with E-state index in [1.807, 2.05) is 4.90 Å². The van der Waals surface area contributed by atoms with Crippen molar-refractivity contribution in [1.29, 1.82) is 0 Å². The predicted octanol–water partition coefficient (Wildman–Crippen LogP) is 3.97. The molecule has 0 amide bonds. The summed E-state index contributed by atoms with van der Waals surface area (Å²) < 4.78 is 29.6. The summed E-state index contributed by atoms with van der Waals surface area (Å²) in [5.41, 5.74) is 0.756. The van der Waals surface area contributed by atoms with Gasteiger partial charge in [0.1, 0.15) is 0 Å². The Morgan fingerprint density at radius 1 is 1.38 bits per heavy atom. The van der Waals surface area contributed by atoms with Crippen LogP contribution in [0.3, 0.4) is 0 Å². The van der Waals surface area contributed by atoms with Crippen molar-refractivity contribution in [2.75, 3.05) is 25.0 Å². The maximum absolute atomic E-state index is 12.3. The summed E-state index contributed by atoms with van der Waals surface area (Å²) in [7, 11) is 0. The number of alkyl halides is 2. The molecule has 1 fully saturated rings. The lowest BCUT2D eigenvalue weighted by atomic mass is 9.97. The number of thiocarbonyl (C=S) groups is 1. The van der Waals surface area contributed by atoms with E-state index < -0.39 is 5.76 Å². The van der Waals surface area contributed by atoms with Gasteiger partial charge in [-0.05, 0) is 56.2 Å². The van der Waals surface area contributed by atoms with E-state index in [-0.39, 0.29) is 11.9 Å². The smallest absolute Gasteiger partial charge is 0.309 e. The number of likely N-dealkylation sites (tertiary alicyclic amines) is 1. The minimum absolute atomic E-state index is 0.0605. The number of rotatable bonds is 5. The quantitative estimate of drug-likeness (QED) is 0.478. The lowest BCUT2D eigenvalue weighted by Gasteiger charge is -2.32. The van der Waals surface area contributed by atoms with Gasteiger partial charge in [-0.3, -0.25) is 4.79 Å². The SMILES string of the molecule is CCOC(=O)C1CCN(C(=S)Nc2ccc(SC(F)F)cc2)CC1. The molecule has 1 aliphatic rings. The van der Waals surface area contributed by atoms with Crippen LogP contribution in [0.5, 0.6) is 0 Å². The molecule has 0 radical (unpaired) electrons. The van der Waals surface area contributed by atoms with Crippen molar-refractivity contribution >= 4 is 40.7 Å². The van der Waals surface area contributed by atoms with Gasteiger partial charge in [0, 0.05) is 23.7 Å². The second-order valence-corrected chi connectivity index (χ2v) is 6.80. The molecule has 0 spiro atoms. The number of halogens is 2. The van der Waals surface area contributed by atoms with Crippen LogP contribution in [0.25, 0.3) is 0 Å². The van der Waals surface area contributed by atoms with Crippen molar-refractivity contribution in [3.8, 4) is 0 Å². The normalized spacial score (nSPS) is 15.4. The Hall–Kier alpha value is -1.41. The van der Waals surface area contributed by atoms with Crippen LogP contribution < -0.4 is 5.32 Å². The van der Waals surface area contributed by atoms with Crippen molar-refractivity contribution in [3.63, 3.8) is 0 Å². The van der Waals surface area contributed by atoms with E-state index in [2.05, 4.69) is 5.32 Å². The topological polar surface area (TPSA) is 41.6 Å². The molecule has 1 aliphatic heterocycles. The maximum atomic E-state index is 12.3. The number of piperidine rings is 1. The lowest BCUT2D eigenvalue weighted by Crippen LogP contribution is -2.42. The third kappa shape index (κ3) is 5.59. The number of hydrogen-bond donors (Lipinski definition) is 1. The van der Waals surface area contributed by atoms with E-state index in [4.69, 9.17) is 17.0 Å². The fourth-order valence-electron chi connectivity index (χ4n) is 2.50. The van der Waals surface area contributed by atoms with Gasteiger partial charge in [-0.1, -0.05) is 11.8 Å². The van der Waals surface area contributed by atoms with Crippen LogP contribution in [-0.2, 0) is 9.53 Å². The van der Waals surface area contributed by atoms with Gasteiger partial charge in [0.05, 0.1) is 12.5 Å². The molecule has 0 bridgehead atoms. The molecule has 0 atom stereocenters. The molecule has 0 saturated carbocycles. The van der Waals surface area contributed by atoms with E-state index in [0.717, 1.165) is 5.69 Å². The summed E-state index contributed by atoms with van der Waals surface area (Å²) in [5.74, 6) is -2.62. The highest BCUT2D eigenvalue weighted by atomic mass is 32.2. The molecule has 1 aromatic rings. The zero-order chi connectivity index (χ0) is 17.5. The summed E-state index contributed by atoms with van der Waals surface area (Å²) in [4.78, 5) is 14.2. The summed E-state index contributed by atoms with van der Waals surface area (Å²) in [6, 6.07) is 6.72. The first-order valence-electron chi connectivity index (χ1n) is 7.77. The minimum atomic E-state index is -2.43. The minimum Gasteiger partial charge on any atom is -0.466 e. The van der Waals surface area contributed by atoms with Crippen molar-refractivity contribution in [2.24, 2.45) is 5.92 Å². The van der Waals surface area contributed by atoms with E-state index in [9.17, 15) is 13.6 Å². The van der Waals surface area contributed by atoms with Crippen LogP contribution in [0.1, 0.15) is 19.8 Å². The molecule has 24 heavy (non-hydrogen) atoms. The van der Waals surface area contributed by atoms with Crippen LogP contribution in [0.4, 0.5) is 14.5 Å². The number of carbonyl (C=O) groups excluding carboxylic acids is 1. The first-order valence-corrected chi connectivity index (χ1v) is 9.05. The molecular weight excluding hydrogens is 354 g/mol. The fraction of sp³-hybridized carbons (Fsp3) is 0.500. The average Bonchev–Trinajstić information content (AvgIpc) is 2.56. The molecule has 1 N–H and O–H groups in total. The van der Waals surface area contributed by atoms with Gasteiger partial charge in [-0.15, -0.1) is 0 Å². The van der Waals surface area contributed by atoms with Crippen LogP contribution in [-0.4, -0.2) is 41.4 Å². The van der Waals surface area contributed by atoms with Crippen molar-refractivity contribution in [2.45, 2.75) is 30.4 Å². The highest BCUT2D eigenvalue weighted by Crippen LogP contribution is 2.26. The Kier molecular flexibility index (Phi) is 7.23.